The molecule has 0 radical (unpaired) electrons. The largest absolute Gasteiger partial charge is 0.508 e. The van der Waals surface area contributed by atoms with Crippen molar-refractivity contribution in [2.75, 3.05) is 0 Å². The minimum atomic E-state index is -0.518. The van der Waals surface area contributed by atoms with Crippen molar-refractivity contribution in [3.05, 3.63) is 80.2 Å². The lowest BCUT2D eigenvalue weighted by atomic mass is 10.1. The maximum absolute atomic E-state index is 14.6. The second-order valence-corrected chi connectivity index (χ2v) is 6.99. The third kappa shape index (κ3) is 2.93. The molecule has 0 fully saturated rings. The molecule has 4 aromatic rings. The van der Waals surface area contributed by atoms with E-state index in [9.17, 15) is 19.1 Å². The van der Waals surface area contributed by atoms with Gasteiger partial charge in [-0.15, -0.1) is 0 Å². The monoisotopic (exact) mass is 394 g/mol. The predicted molar refractivity (Wildman–Crippen MR) is 108 cm³/mol. The molecule has 0 saturated carbocycles. The van der Waals surface area contributed by atoms with Gasteiger partial charge in [0.05, 0.1) is 6.54 Å². The second kappa shape index (κ2) is 6.73. The molecule has 0 aliphatic carbocycles. The molecule has 0 amide bonds. The summed E-state index contributed by atoms with van der Waals surface area (Å²) in [4.78, 5) is 29.8. The summed E-state index contributed by atoms with van der Waals surface area (Å²) in [5.41, 5.74) is 1.07. The average molecular weight is 394 g/mol. The van der Waals surface area contributed by atoms with Crippen molar-refractivity contribution in [1.82, 2.24) is 18.7 Å². The standard InChI is InChI=1S/C21H19FN4O3/c1-12-6-4-9-16(22)15(12)11-26-17-19(24(2)21(29)25(3)20(17)28)23-18(26)13-7-5-8-14(27)10-13/h4-10,27H,11H2,1-3H3. The molecule has 0 bridgehead atoms. The van der Waals surface area contributed by atoms with Crippen LogP contribution in [0.3, 0.4) is 0 Å². The molecular formula is C21H19FN4O3. The zero-order valence-electron chi connectivity index (χ0n) is 16.2. The number of hydrogen-bond donors (Lipinski definition) is 1. The molecule has 8 heteroatoms. The minimum Gasteiger partial charge on any atom is -0.508 e. The molecule has 2 aromatic heterocycles. The topological polar surface area (TPSA) is 82.1 Å². The van der Waals surface area contributed by atoms with Crippen LogP contribution >= 0.6 is 0 Å². The second-order valence-electron chi connectivity index (χ2n) is 6.99. The van der Waals surface area contributed by atoms with Crippen molar-refractivity contribution in [1.29, 1.82) is 0 Å². The summed E-state index contributed by atoms with van der Waals surface area (Å²) >= 11 is 0. The van der Waals surface area contributed by atoms with E-state index in [4.69, 9.17) is 0 Å². The number of fused-ring (bicyclic) bond motifs is 1. The smallest absolute Gasteiger partial charge is 0.332 e. The van der Waals surface area contributed by atoms with E-state index in [0.29, 0.717) is 17.0 Å². The predicted octanol–water partition coefficient (Wildman–Crippen LogP) is 2.30. The highest BCUT2D eigenvalue weighted by atomic mass is 19.1. The number of hydrogen-bond acceptors (Lipinski definition) is 4. The Morgan fingerprint density at radius 3 is 2.48 bits per heavy atom. The zero-order chi connectivity index (χ0) is 20.9. The van der Waals surface area contributed by atoms with Gasteiger partial charge in [-0.1, -0.05) is 24.3 Å². The molecule has 4 rings (SSSR count). The van der Waals surface area contributed by atoms with Crippen LogP contribution in [-0.2, 0) is 20.6 Å². The molecule has 0 aliphatic rings. The summed E-state index contributed by atoms with van der Waals surface area (Å²) in [5.74, 6) is -0.00262. The Morgan fingerprint density at radius 2 is 1.79 bits per heavy atom. The molecular weight excluding hydrogens is 375 g/mol. The van der Waals surface area contributed by atoms with Gasteiger partial charge in [0, 0.05) is 25.2 Å². The van der Waals surface area contributed by atoms with Crippen LogP contribution in [0.4, 0.5) is 4.39 Å². The van der Waals surface area contributed by atoms with E-state index in [0.717, 1.165) is 10.1 Å². The fraction of sp³-hybridized carbons (Fsp3) is 0.190. The Kier molecular flexibility index (Phi) is 4.34. The highest BCUT2D eigenvalue weighted by Crippen LogP contribution is 2.27. The van der Waals surface area contributed by atoms with Crippen LogP contribution in [-0.4, -0.2) is 23.8 Å². The number of benzene rings is 2. The average Bonchev–Trinajstić information content (AvgIpc) is 3.07. The third-order valence-corrected chi connectivity index (χ3v) is 5.12. The molecule has 2 aromatic carbocycles. The lowest BCUT2D eigenvalue weighted by Gasteiger charge is -2.13. The Morgan fingerprint density at radius 1 is 1.07 bits per heavy atom. The van der Waals surface area contributed by atoms with Gasteiger partial charge in [0.1, 0.15) is 17.4 Å². The van der Waals surface area contributed by atoms with E-state index < -0.39 is 17.1 Å². The molecule has 0 atom stereocenters. The van der Waals surface area contributed by atoms with Gasteiger partial charge in [-0.3, -0.25) is 13.9 Å². The van der Waals surface area contributed by atoms with E-state index in [1.165, 1.54) is 36.9 Å². The Labute approximate surface area is 164 Å². The van der Waals surface area contributed by atoms with Crippen molar-refractivity contribution >= 4 is 11.2 Å². The number of halogens is 1. The maximum atomic E-state index is 14.6. The highest BCUT2D eigenvalue weighted by molar-refractivity contribution is 5.77. The van der Waals surface area contributed by atoms with Gasteiger partial charge < -0.3 is 9.67 Å². The Hall–Kier alpha value is -3.68. The SMILES string of the molecule is Cc1cccc(F)c1Cn1c(-c2cccc(O)c2)nc2c1c(=O)n(C)c(=O)n2C. The first-order valence-electron chi connectivity index (χ1n) is 8.99. The van der Waals surface area contributed by atoms with Gasteiger partial charge in [0.2, 0.25) is 0 Å². The molecule has 0 saturated heterocycles. The third-order valence-electron chi connectivity index (χ3n) is 5.12. The number of aryl methyl sites for hydroxylation is 2. The zero-order valence-corrected chi connectivity index (χ0v) is 16.2. The summed E-state index contributed by atoms with van der Waals surface area (Å²) < 4.78 is 18.4. The van der Waals surface area contributed by atoms with E-state index in [1.807, 2.05) is 0 Å². The van der Waals surface area contributed by atoms with Crippen molar-refractivity contribution in [2.24, 2.45) is 14.1 Å². The van der Waals surface area contributed by atoms with Crippen molar-refractivity contribution in [3.8, 4) is 17.1 Å². The summed E-state index contributed by atoms with van der Waals surface area (Å²) in [5, 5.41) is 9.90. The number of aromatic hydroxyl groups is 1. The number of nitrogens with zero attached hydrogens (tertiary/aromatic N) is 4. The fourth-order valence-corrected chi connectivity index (χ4v) is 3.49. The van der Waals surface area contributed by atoms with Gasteiger partial charge in [0.25, 0.3) is 5.56 Å². The molecule has 7 nitrogen and oxygen atoms in total. The summed E-state index contributed by atoms with van der Waals surface area (Å²) in [6.07, 6.45) is 0. The normalized spacial score (nSPS) is 11.3. The van der Waals surface area contributed by atoms with Crippen LogP contribution in [0.2, 0.25) is 0 Å². The van der Waals surface area contributed by atoms with Crippen LogP contribution in [0.25, 0.3) is 22.6 Å². The lowest BCUT2D eigenvalue weighted by Crippen LogP contribution is -2.37. The summed E-state index contributed by atoms with van der Waals surface area (Å²) in [6.45, 7) is 1.84. The lowest BCUT2D eigenvalue weighted by molar-refractivity contribution is 0.475. The maximum Gasteiger partial charge on any atom is 0.332 e. The van der Waals surface area contributed by atoms with Crippen LogP contribution in [0.15, 0.2) is 52.1 Å². The first-order valence-corrected chi connectivity index (χ1v) is 8.99. The number of aromatic nitrogens is 4. The van der Waals surface area contributed by atoms with Crippen LogP contribution < -0.4 is 11.2 Å². The van der Waals surface area contributed by atoms with Crippen LogP contribution in [0.5, 0.6) is 5.75 Å². The van der Waals surface area contributed by atoms with Gasteiger partial charge in [0.15, 0.2) is 11.2 Å². The first-order chi connectivity index (χ1) is 13.8. The van der Waals surface area contributed by atoms with Crippen molar-refractivity contribution in [2.45, 2.75) is 13.5 Å². The van der Waals surface area contributed by atoms with Gasteiger partial charge >= 0.3 is 5.69 Å². The van der Waals surface area contributed by atoms with E-state index in [1.54, 1.807) is 35.8 Å². The van der Waals surface area contributed by atoms with Gasteiger partial charge in [-0.25, -0.2) is 14.2 Å². The molecule has 29 heavy (non-hydrogen) atoms. The Balaban J connectivity index is 2.11. The summed E-state index contributed by atoms with van der Waals surface area (Å²) in [7, 11) is 2.92. The van der Waals surface area contributed by atoms with Crippen LogP contribution in [0, 0.1) is 12.7 Å². The van der Waals surface area contributed by atoms with Crippen LogP contribution in [0.1, 0.15) is 11.1 Å². The molecule has 0 aliphatic heterocycles. The Bertz CT molecular complexity index is 1360. The minimum absolute atomic E-state index is 0.0324. The number of rotatable bonds is 3. The number of phenolic OH excluding ortho intramolecular Hbond substituents is 1. The molecule has 148 valence electrons. The molecule has 0 unspecified atom stereocenters. The first kappa shape index (κ1) is 18.7. The summed E-state index contributed by atoms with van der Waals surface area (Å²) in [6, 6.07) is 11.2. The molecule has 0 spiro atoms. The van der Waals surface area contributed by atoms with Crippen molar-refractivity contribution < 1.29 is 9.50 Å². The van der Waals surface area contributed by atoms with E-state index in [2.05, 4.69) is 4.98 Å². The quantitative estimate of drug-likeness (QED) is 0.578. The fourth-order valence-electron chi connectivity index (χ4n) is 3.49. The molecule has 1 N–H and O–H groups in total. The van der Waals surface area contributed by atoms with E-state index in [-0.39, 0.29) is 23.5 Å². The van der Waals surface area contributed by atoms with Crippen molar-refractivity contribution in [3.63, 3.8) is 0 Å². The highest BCUT2D eigenvalue weighted by Gasteiger charge is 2.21. The molecule has 2 heterocycles. The van der Waals surface area contributed by atoms with Gasteiger partial charge in [-0.05, 0) is 30.7 Å². The van der Waals surface area contributed by atoms with Gasteiger partial charge in [-0.2, -0.15) is 0 Å². The number of imidazole rings is 1. The van der Waals surface area contributed by atoms with E-state index >= 15 is 0 Å². The number of phenols is 1.